The molecule has 6 nitrogen and oxygen atoms in total. The first kappa shape index (κ1) is 12.5. The molecule has 0 saturated carbocycles. The van der Waals surface area contributed by atoms with Gasteiger partial charge in [-0.3, -0.25) is 4.79 Å². The van der Waals surface area contributed by atoms with Crippen LogP contribution in [0.4, 0.5) is 0 Å². The quantitative estimate of drug-likeness (QED) is 0.917. The number of rotatable bonds is 3. The Balaban J connectivity index is 1.53. The summed E-state index contributed by atoms with van der Waals surface area (Å²) in [5.41, 5.74) is 0.893. The van der Waals surface area contributed by atoms with E-state index in [9.17, 15) is 4.79 Å². The molecule has 2 atom stereocenters. The summed E-state index contributed by atoms with van der Waals surface area (Å²) in [7, 11) is 0. The molecular formula is C15H16N4O2. The van der Waals surface area contributed by atoms with E-state index >= 15 is 0 Å². The second kappa shape index (κ2) is 4.96. The molecule has 0 aliphatic carbocycles. The van der Waals surface area contributed by atoms with E-state index in [0.717, 1.165) is 18.5 Å². The molecule has 2 aromatic rings. The van der Waals surface area contributed by atoms with Gasteiger partial charge < -0.3 is 14.7 Å². The Morgan fingerprint density at radius 2 is 2.19 bits per heavy atom. The Labute approximate surface area is 122 Å². The Morgan fingerprint density at radius 3 is 3.05 bits per heavy atom. The van der Waals surface area contributed by atoms with Crippen molar-refractivity contribution in [2.75, 3.05) is 6.54 Å². The molecule has 4 rings (SSSR count). The molecule has 1 N–H and O–H groups in total. The van der Waals surface area contributed by atoms with Gasteiger partial charge in [0.2, 0.25) is 5.91 Å². The van der Waals surface area contributed by atoms with Crippen LogP contribution in [-0.4, -0.2) is 39.6 Å². The zero-order valence-corrected chi connectivity index (χ0v) is 11.5. The lowest BCUT2D eigenvalue weighted by molar-refractivity contribution is -0.129. The molecule has 1 aromatic carbocycles. The first-order valence-electron chi connectivity index (χ1n) is 7.22. The molecule has 2 saturated heterocycles. The number of benzene rings is 1. The molecule has 2 aliphatic heterocycles. The van der Waals surface area contributed by atoms with E-state index in [4.69, 9.17) is 4.52 Å². The van der Waals surface area contributed by atoms with Gasteiger partial charge in [-0.25, -0.2) is 0 Å². The molecule has 1 amide bonds. The van der Waals surface area contributed by atoms with E-state index in [1.807, 2.05) is 35.2 Å². The first-order chi connectivity index (χ1) is 10.3. The lowest BCUT2D eigenvalue weighted by Gasteiger charge is -2.21. The first-order valence-corrected chi connectivity index (χ1v) is 7.22. The summed E-state index contributed by atoms with van der Waals surface area (Å²) in [6, 6.07) is 10.2. The fraction of sp³-hybridized carbons (Fsp3) is 0.400. The molecule has 2 fully saturated rings. The SMILES string of the molecule is O=C1C[C@H]2NCC[C@H]2N1Cc1noc(-c2ccccc2)n1. The minimum absolute atomic E-state index is 0.170. The third kappa shape index (κ3) is 2.21. The van der Waals surface area contributed by atoms with Crippen LogP contribution in [0.25, 0.3) is 11.5 Å². The van der Waals surface area contributed by atoms with Gasteiger partial charge in [-0.15, -0.1) is 0 Å². The number of nitrogens with one attached hydrogen (secondary N) is 1. The fourth-order valence-corrected chi connectivity index (χ4v) is 3.20. The standard InChI is InChI=1S/C15H16N4O2/c20-14-8-11-12(6-7-16-11)19(14)9-13-17-15(21-18-13)10-4-2-1-3-5-10/h1-5,11-12,16H,6-9H2/t11-,12-/m1/s1. The highest BCUT2D eigenvalue weighted by Crippen LogP contribution is 2.27. The normalized spacial score (nSPS) is 24.6. The van der Waals surface area contributed by atoms with Gasteiger partial charge in [0.15, 0.2) is 5.82 Å². The van der Waals surface area contributed by atoms with Gasteiger partial charge in [0.25, 0.3) is 5.89 Å². The van der Waals surface area contributed by atoms with E-state index in [1.165, 1.54) is 0 Å². The van der Waals surface area contributed by atoms with E-state index in [2.05, 4.69) is 15.5 Å². The predicted molar refractivity (Wildman–Crippen MR) is 75.1 cm³/mol. The lowest BCUT2D eigenvalue weighted by Crippen LogP contribution is -2.35. The van der Waals surface area contributed by atoms with E-state index in [1.54, 1.807) is 0 Å². The summed E-state index contributed by atoms with van der Waals surface area (Å²) in [4.78, 5) is 18.3. The molecule has 21 heavy (non-hydrogen) atoms. The Hall–Kier alpha value is -2.21. The van der Waals surface area contributed by atoms with Crippen LogP contribution in [0.2, 0.25) is 0 Å². The monoisotopic (exact) mass is 284 g/mol. The van der Waals surface area contributed by atoms with Crippen molar-refractivity contribution in [3.8, 4) is 11.5 Å². The fourth-order valence-electron chi connectivity index (χ4n) is 3.20. The molecule has 0 spiro atoms. The van der Waals surface area contributed by atoms with Crippen LogP contribution in [-0.2, 0) is 11.3 Å². The van der Waals surface area contributed by atoms with Crippen LogP contribution in [0, 0.1) is 0 Å². The van der Waals surface area contributed by atoms with Gasteiger partial charge in [0.05, 0.1) is 6.54 Å². The van der Waals surface area contributed by atoms with Crippen molar-refractivity contribution in [3.05, 3.63) is 36.2 Å². The van der Waals surface area contributed by atoms with Crippen LogP contribution >= 0.6 is 0 Å². The summed E-state index contributed by atoms with van der Waals surface area (Å²) in [6.07, 6.45) is 1.58. The number of fused-ring (bicyclic) bond motifs is 1. The summed E-state index contributed by atoms with van der Waals surface area (Å²) in [6.45, 7) is 1.40. The van der Waals surface area contributed by atoms with Crippen LogP contribution < -0.4 is 5.32 Å². The van der Waals surface area contributed by atoms with Crippen molar-refractivity contribution >= 4 is 5.91 Å². The van der Waals surface area contributed by atoms with Crippen molar-refractivity contribution in [1.29, 1.82) is 0 Å². The Bertz CT molecular complexity index is 655. The van der Waals surface area contributed by atoms with E-state index in [0.29, 0.717) is 24.7 Å². The van der Waals surface area contributed by atoms with Gasteiger partial charge in [0.1, 0.15) is 0 Å². The van der Waals surface area contributed by atoms with Crippen molar-refractivity contribution in [2.45, 2.75) is 31.5 Å². The smallest absolute Gasteiger partial charge is 0.257 e. The third-order valence-corrected chi connectivity index (χ3v) is 4.23. The molecule has 1 aromatic heterocycles. The van der Waals surface area contributed by atoms with Crippen molar-refractivity contribution in [1.82, 2.24) is 20.4 Å². The minimum Gasteiger partial charge on any atom is -0.334 e. The largest absolute Gasteiger partial charge is 0.334 e. The second-order valence-electron chi connectivity index (χ2n) is 5.52. The number of carbonyl (C=O) groups is 1. The van der Waals surface area contributed by atoms with Gasteiger partial charge in [-0.05, 0) is 25.1 Å². The zero-order chi connectivity index (χ0) is 14.2. The number of hydrogen-bond donors (Lipinski definition) is 1. The number of likely N-dealkylation sites (tertiary alicyclic amines) is 1. The van der Waals surface area contributed by atoms with Crippen LogP contribution in [0.5, 0.6) is 0 Å². The highest BCUT2D eigenvalue weighted by molar-refractivity contribution is 5.80. The summed E-state index contributed by atoms with van der Waals surface area (Å²) in [5.74, 6) is 1.23. The maximum atomic E-state index is 12.1. The van der Waals surface area contributed by atoms with Crippen molar-refractivity contribution < 1.29 is 9.32 Å². The molecular weight excluding hydrogens is 268 g/mol. The summed E-state index contributed by atoms with van der Waals surface area (Å²) < 4.78 is 5.29. The van der Waals surface area contributed by atoms with Crippen LogP contribution in [0.15, 0.2) is 34.9 Å². The average molecular weight is 284 g/mol. The molecule has 6 heteroatoms. The number of aromatic nitrogens is 2. The van der Waals surface area contributed by atoms with E-state index in [-0.39, 0.29) is 18.0 Å². The van der Waals surface area contributed by atoms with Gasteiger partial charge >= 0.3 is 0 Å². The summed E-state index contributed by atoms with van der Waals surface area (Å²) >= 11 is 0. The average Bonchev–Trinajstić information content (AvgIpc) is 3.19. The lowest BCUT2D eigenvalue weighted by atomic mass is 10.1. The Morgan fingerprint density at radius 1 is 1.33 bits per heavy atom. The topological polar surface area (TPSA) is 71.3 Å². The number of carbonyl (C=O) groups excluding carboxylic acids is 1. The third-order valence-electron chi connectivity index (χ3n) is 4.23. The van der Waals surface area contributed by atoms with Gasteiger partial charge in [0, 0.05) is 24.1 Å². The number of amides is 1. The second-order valence-corrected chi connectivity index (χ2v) is 5.52. The van der Waals surface area contributed by atoms with Gasteiger partial charge in [-0.2, -0.15) is 4.98 Å². The molecule has 3 heterocycles. The molecule has 0 bridgehead atoms. The zero-order valence-electron chi connectivity index (χ0n) is 11.5. The summed E-state index contributed by atoms with van der Waals surface area (Å²) in [5, 5.41) is 7.37. The maximum absolute atomic E-state index is 12.1. The molecule has 2 aliphatic rings. The maximum Gasteiger partial charge on any atom is 0.257 e. The Kier molecular flexibility index (Phi) is 2.96. The minimum atomic E-state index is 0.170. The van der Waals surface area contributed by atoms with E-state index < -0.39 is 0 Å². The van der Waals surface area contributed by atoms with Crippen LogP contribution in [0.1, 0.15) is 18.7 Å². The highest BCUT2D eigenvalue weighted by Gasteiger charge is 2.42. The van der Waals surface area contributed by atoms with Crippen molar-refractivity contribution in [2.24, 2.45) is 0 Å². The van der Waals surface area contributed by atoms with Crippen molar-refractivity contribution in [3.63, 3.8) is 0 Å². The number of hydrogen-bond acceptors (Lipinski definition) is 5. The predicted octanol–water partition coefficient (Wildman–Crippen LogP) is 1.20. The highest BCUT2D eigenvalue weighted by atomic mass is 16.5. The molecule has 0 unspecified atom stereocenters. The molecule has 0 radical (unpaired) electrons. The van der Waals surface area contributed by atoms with Crippen LogP contribution in [0.3, 0.4) is 0 Å². The van der Waals surface area contributed by atoms with Gasteiger partial charge in [-0.1, -0.05) is 23.4 Å². The number of nitrogens with zero attached hydrogens (tertiary/aromatic N) is 3. The molecule has 108 valence electrons.